The van der Waals surface area contributed by atoms with Crippen molar-refractivity contribution in [3.8, 4) is 5.75 Å². The molecule has 9 heteroatoms. The standard InChI is InChI=1S/C24H31N3O5S/c1-17-23(22(32-26-17)12-9-18-7-10-21(31-2)11-8-18)33(29,30)27-15-13-19(14-16-27)24(28)25-20-5-3-4-6-20/h7-12,19-20H,3-6,13-16H2,1-2H3,(H,25,28)/b12-9-. The van der Waals surface area contributed by atoms with E-state index in [2.05, 4.69) is 10.5 Å². The van der Waals surface area contributed by atoms with Crippen molar-refractivity contribution >= 4 is 28.1 Å². The van der Waals surface area contributed by atoms with Crippen LogP contribution in [0.2, 0.25) is 0 Å². The number of rotatable bonds is 7. The summed E-state index contributed by atoms with van der Waals surface area (Å²) in [4.78, 5) is 12.7. The van der Waals surface area contributed by atoms with Gasteiger partial charge in [-0.1, -0.05) is 36.2 Å². The molecule has 1 N–H and O–H groups in total. The molecule has 1 saturated heterocycles. The molecule has 1 aliphatic carbocycles. The monoisotopic (exact) mass is 473 g/mol. The van der Waals surface area contributed by atoms with Gasteiger partial charge in [0.05, 0.1) is 7.11 Å². The van der Waals surface area contributed by atoms with E-state index in [0.717, 1.165) is 37.0 Å². The van der Waals surface area contributed by atoms with Crippen LogP contribution in [0.3, 0.4) is 0 Å². The molecular formula is C24H31N3O5S. The predicted molar refractivity (Wildman–Crippen MR) is 125 cm³/mol. The number of carbonyl (C=O) groups is 1. The summed E-state index contributed by atoms with van der Waals surface area (Å²) in [7, 11) is -2.19. The van der Waals surface area contributed by atoms with Gasteiger partial charge in [0.15, 0.2) is 10.7 Å². The molecule has 0 atom stereocenters. The van der Waals surface area contributed by atoms with Gasteiger partial charge in [-0.3, -0.25) is 4.79 Å². The maximum absolute atomic E-state index is 13.4. The molecule has 4 rings (SSSR count). The summed E-state index contributed by atoms with van der Waals surface area (Å²) in [5, 5.41) is 7.04. The largest absolute Gasteiger partial charge is 0.497 e. The number of nitrogens with one attached hydrogen (secondary N) is 1. The van der Waals surface area contributed by atoms with Gasteiger partial charge in [-0.05, 0) is 56.4 Å². The summed E-state index contributed by atoms with van der Waals surface area (Å²) in [6.07, 6.45) is 8.83. The first-order valence-corrected chi connectivity index (χ1v) is 12.9. The minimum atomic E-state index is -3.79. The molecule has 2 heterocycles. The average Bonchev–Trinajstić information content (AvgIpc) is 3.47. The number of aromatic nitrogens is 1. The van der Waals surface area contributed by atoms with Crippen molar-refractivity contribution in [3.63, 3.8) is 0 Å². The van der Waals surface area contributed by atoms with Gasteiger partial charge < -0.3 is 14.6 Å². The van der Waals surface area contributed by atoms with Crippen LogP contribution in [0, 0.1) is 12.8 Å². The van der Waals surface area contributed by atoms with Gasteiger partial charge in [0.1, 0.15) is 11.4 Å². The van der Waals surface area contributed by atoms with Crippen molar-refractivity contribution in [2.45, 2.75) is 56.4 Å². The average molecular weight is 474 g/mol. The number of sulfonamides is 1. The predicted octanol–water partition coefficient (Wildman–Crippen LogP) is 3.62. The van der Waals surface area contributed by atoms with Crippen LogP contribution in [0.15, 0.2) is 33.7 Å². The molecule has 0 bridgehead atoms. The van der Waals surface area contributed by atoms with Gasteiger partial charge in [0, 0.05) is 25.0 Å². The van der Waals surface area contributed by atoms with Crippen LogP contribution in [-0.2, 0) is 14.8 Å². The smallest absolute Gasteiger partial charge is 0.248 e. The Kier molecular flexibility index (Phi) is 7.19. The molecule has 178 valence electrons. The quantitative estimate of drug-likeness (QED) is 0.659. The van der Waals surface area contributed by atoms with E-state index in [1.54, 1.807) is 26.2 Å². The zero-order valence-corrected chi connectivity index (χ0v) is 19.9. The van der Waals surface area contributed by atoms with Gasteiger partial charge in [0.25, 0.3) is 0 Å². The van der Waals surface area contributed by atoms with E-state index in [1.165, 1.54) is 4.31 Å². The van der Waals surface area contributed by atoms with E-state index in [-0.39, 0.29) is 28.5 Å². The second kappa shape index (κ2) is 10.1. The van der Waals surface area contributed by atoms with Crippen LogP contribution in [0.4, 0.5) is 0 Å². The summed E-state index contributed by atoms with van der Waals surface area (Å²) in [6.45, 7) is 2.23. The van der Waals surface area contributed by atoms with Gasteiger partial charge in [-0.25, -0.2) is 8.42 Å². The second-order valence-electron chi connectivity index (χ2n) is 8.74. The number of nitrogens with zero attached hydrogens (tertiary/aromatic N) is 2. The number of piperidine rings is 1. The second-order valence-corrected chi connectivity index (χ2v) is 10.6. The Bertz CT molecular complexity index is 1090. The normalized spacial score (nSPS) is 18.7. The Morgan fingerprint density at radius 2 is 1.79 bits per heavy atom. The number of carbonyl (C=O) groups excluding carboxylic acids is 1. The van der Waals surface area contributed by atoms with Gasteiger partial charge in [0.2, 0.25) is 15.9 Å². The Morgan fingerprint density at radius 3 is 2.42 bits per heavy atom. The molecule has 0 spiro atoms. The highest BCUT2D eigenvalue weighted by Crippen LogP contribution is 2.30. The van der Waals surface area contributed by atoms with Crippen LogP contribution in [0.1, 0.15) is 55.5 Å². The zero-order valence-electron chi connectivity index (χ0n) is 19.1. The van der Waals surface area contributed by atoms with E-state index < -0.39 is 10.0 Å². The number of aryl methyl sites for hydroxylation is 1. The highest BCUT2D eigenvalue weighted by atomic mass is 32.2. The number of amides is 1. The van der Waals surface area contributed by atoms with Crippen LogP contribution in [0.5, 0.6) is 5.75 Å². The van der Waals surface area contributed by atoms with E-state index in [4.69, 9.17) is 9.26 Å². The Morgan fingerprint density at radius 1 is 1.12 bits per heavy atom. The molecule has 1 amide bonds. The van der Waals surface area contributed by atoms with E-state index in [1.807, 2.05) is 24.3 Å². The summed E-state index contributed by atoms with van der Waals surface area (Å²) < 4.78 is 38.8. The Labute approximate surface area is 195 Å². The first kappa shape index (κ1) is 23.5. The van der Waals surface area contributed by atoms with Gasteiger partial charge in [-0.15, -0.1) is 0 Å². The fraction of sp³-hybridized carbons (Fsp3) is 0.500. The van der Waals surface area contributed by atoms with Gasteiger partial charge in [-0.2, -0.15) is 4.31 Å². The lowest BCUT2D eigenvalue weighted by molar-refractivity contribution is -0.126. The molecule has 0 unspecified atom stereocenters. The molecule has 8 nitrogen and oxygen atoms in total. The molecule has 2 aromatic rings. The lowest BCUT2D eigenvalue weighted by Crippen LogP contribution is -2.45. The minimum Gasteiger partial charge on any atom is -0.497 e. The number of benzene rings is 1. The topological polar surface area (TPSA) is 102 Å². The molecule has 2 fully saturated rings. The number of hydrogen-bond acceptors (Lipinski definition) is 6. The van der Waals surface area contributed by atoms with Crippen molar-refractivity contribution < 1.29 is 22.5 Å². The molecule has 1 saturated carbocycles. The molecule has 1 aliphatic heterocycles. The molecular weight excluding hydrogens is 442 g/mol. The van der Waals surface area contributed by atoms with Crippen molar-refractivity contribution in [2.75, 3.05) is 20.2 Å². The maximum atomic E-state index is 13.4. The third-order valence-electron chi connectivity index (χ3n) is 6.50. The lowest BCUT2D eigenvalue weighted by Gasteiger charge is -2.31. The molecule has 1 aromatic carbocycles. The number of methoxy groups -OCH3 is 1. The van der Waals surface area contributed by atoms with Crippen LogP contribution < -0.4 is 10.1 Å². The molecule has 2 aliphatic rings. The van der Waals surface area contributed by atoms with E-state index >= 15 is 0 Å². The van der Waals surface area contributed by atoms with Crippen molar-refractivity contribution in [2.24, 2.45) is 5.92 Å². The van der Waals surface area contributed by atoms with Crippen molar-refractivity contribution in [3.05, 3.63) is 41.3 Å². The molecule has 1 aromatic heterocycles. The Balaban J connectivity index is 1.43. The molecule has 33 heavy (non-hydrogen) atoms. The fourth-order valence-electron chi connectivity index (χ4n) is 4.56. The minimum absolute atomic E-state index is 0.0585. The third kappa shape index (κ3) is 5.30. The summed E-state index contributed by atoms with van der Waals surface area (Å²) in [5.41, 5.74) is 1.20. The zero-order chi connectivity index (χ0) is 23.4. The first-order chi connectivity index (χ1) is 15.9. The van der Waals surface area contributed by atoms with Crippen molar-refractivity contribution in [1.82, 2.24) is 14.8 Å². The van der Waals surface area contributed by atoms with Crippen LogP contribution in [-0.4, -0.2) is 50.0 Å². The summed E-state index contributed by atoms with van der Waals surface area (Å²) in [6, 6.07) is 7.67. The number of ether oxygens (including phenoxy) is 1. The highest BCUT2D eigenvalue weighted by molar-refractivity contribution is 7.89. The summed E-state index contributed by atoms with van der Waals surface area (Å²) >= 11 is 0. The SMILES string of the molecule is COc1ccc(/C=C\c2onc(C)c2S(=O)(=O)N2CCC(C(=O)NC3CCCC3)CC2)cc1. The van der Waals surface area contributed by atoms with Gasteiger partial charge >= 0.3 is 0 Å². The Hall–Kier alpha value is -2.65. The first-order valence-electron chi connectivity index (χ1n) is 11.5. The van der Waals surface area contributed by atoms with Crippen LogP contribution in [0.25, 0.3) is 12.2 Å². The summed E-state index contributed by atoms with van der Waals surface area (Å²) in [5.74, 6) is 0.856. The van der Waals surface area contributed by atoms with E-state index in [0.29, 0.717) is 31.6 Å². The number of hydrogen-bond donors (Lipinski definition) is 1. The maximum Gasteiger partial charge on any atom is 0.248 e. The molecule has 0 radical (unpaired) electrons. The third-order valence-corrected chi connectivity index (χ3v) is 8.56. The van der Waals surface area contributed by atoms with Crippen molar-refractivity contribution in [1.29, 1.82) is 0 Å². The fourth-order valence-corrected chi connectivity index (χ4v) is 6.28. The van der Waals surface area contributed by atoms with Crippen LogP contribution >= 0.6 is 0 Å². The van der Waals surface area contributed by atoms with E-state index in [9.17, 15) is 13.2 Å². The highest BCUT2D eigenvalue weighted by Gasteiger charge is 2.36. The lowest BCUT2D eigenvalue weighted by atomic mass is 9.97.